The Morgan fingerprint density at radius 1 is 0.902 bits per heavy atom. The Bertz CT molecular complexity index is 1340. The van der Waals surface area contributed by atoms with E-state index in [2.05, 4.69) is 4.90 Å². The molecule has 0 bridgehead atoms. The number of hydrazone groups is 1. The first kappa shape index (κ1) is 28.3. The number of carbonyl (C=O) groups is 2. The number of nitrogens with zero attached hydrogens (tertiary/aromatic N) is 4. The molecule has 0 aromatic heterocycles. The highest BCUT2D eigenvalue weighted by Crippen LogP contribution is 2.33. The van der Waals surface area contributed by atoms with Crippen LogP contribution in [0.15, 0.2) is 84.0 Å². The highest BCUT2D eigenvalue weighted by atomic mass is 16.5. The predicted octanol–water partition coefficient (Wildman–Crippen LogP) is 3.86. The number of amides is 2. The van der Waals surface area contributed by atoms with Crippen LogP contribution in [0, 0.1) is 0 Å². The van der Waals surface area contributed by atoms with E-state index in [0.29, 0.717) is 44.0 Å². The molecule has 3 aromatic carbocycles. The Labute approximate surface area is 240 Å². The van der Waals surface area contributed by atoms with E-state index in [1.165, 1.54) is 0 Å². The molecular weight excluding hydrogens is 520 g/mol. The number of ether oxygens (including phenoxy) is 3. The van der Waals surface area contributed by atoms with Crippen molar-refractivity contribution in [3.8, 4) is 11.5 Å². The lowest BCUT2D eigenvalue weighted by Gasteiger charge is -2.31. The van der Waals surface area contributed by atoms with Gasteiger partial charge in [-0.05, 0) is 59.7 Å². The van der Waals surface area contributed by atoms with E-state index in [4.69, 9.17) is 19.3 Å². The van der Waals surface area contributed by atoms with Gasteiger partial charge in [0, 0.05) is 38.2 Å². The van der Waals surface area contributed by atoms with Crippen molar-refractivity contribution in [2.24, 2.45) is 5.10 Å². The Kier molecular flexibility index (Phi) is 9.28. The van der Waals surface area contributed by atoms with Crippen molar-refractivity contribution in [3.63, 3.8) is 0 Å². The average molecular weight is 557 g/mol. The Morgan fingerprint density at radius 3 is 2.17 bits per heavy atom. The standard InChI is InChI=1S/C32H36N4O5/c1-39-27-12-8-24(9-13-27)29-22-30(25-6-4-3-5-7-25)36(33-29)31(37)23-35(17-16-34-18-20-41-21-19-34)32(38)26-10-14-28(40-2)15-11-26/h3-15,30H,16-23H2,1-2H3. The Hall–Kier alpha value is -4.21. The van der Waals surface area contributed by atoms with Gasteiger partial charge in [0.1, 0.15) is 18.0 Å². The zero-order chi connectivity index (χ0) is 28.6. The molecule has 3 aromatic rings. The van der Waals surface area contributed by atoms with Gasteiger partial charge in [0.05, 0.1) is 39.2 Å². The van der Waals surface area contributed by atoms with Crippen LogP contribution in [0.25, 0.3) is 0 Å². The van der Waals surface area contributed by atoms with E-state index < -0.39 is 0 Å². The van der Waals surface area contributed by atoms with Crippen LogP contribution >= 0.6 is 0 Å². The number of methoxy groups -OCH3 is 2. The number of hydrogen-bond donors (Lipinski definition) is 0. The minimum atomic E-state index is -0.266. The summed E-state index contributed by atoms with van der Waals surface area (Å²) in [6.07, 6.45) is 0.572. The van der Waals surface area contributed by atoms with Gasteiger partial charge < -0.3 is 19.1 Å². The van der Waals surface area contributed by atoms with Crippen molar-refractivity contribution in [1.29, 1.82) is 0 Å². The molecule has 0 radical (unpaired) electrons. The van der Waals surface area contributed by atoms with Crippen LogP contribution in [0.4, 0.5) is 0 Å². The second kappa shape index (κ2) is 13.4. The van der Waals surface area contributed by atoms with Crippen LogP contribution < -0.4 is 9.47 Å². The van der Waals surface area contributed by atoms with Gasteiger partial charge in [-0.1, -0.05) is 30.3 Å². The number of morpholine rings is 1. The van der Waals surface area contributed by atoms with E-state index in [1.807, 2.05) is 54.6 Å². The number of carbonyl (C=O) groups excluding carboxylic acids is 2. The summed E-state index contributed by atoms with van der Waals surface area (Å²) in [6.45, 7) is 3.92. The van der Waals surface area contributed by atoms with Gasteiger partial charge in [0.2, 0.25) is 0 Å². The van der Waals surface area contributed by atoms with Gasteiger partial charge in [-0.3, -0.25) is 14.5 Å². The van der Waals surface area contributed by atoms with Crippen molar-refractivity contribution in [2.75, 3.05) is 60.2 Å². The summed E-state index contributed by atoms with van der Waals surface area (Å²) in [5.41, 5.74) is 3.25. The van der Waals surface area contributed by atoms with Gasteiger partial charge in [0.15, 0.2) is 0 Å². The monoisotopic (exact) mass is 556 g/mol. The molecule has 0 N–H and O–H groups in total. The largest absolute Gasteiger partial charge is 0.497 e. The van der Waals surface area contributed by atoms with Gasteiger partial charge >= 0.3 is 0 Å². The van der Waals surface area contributed by atoms with Gasteiger partial charge in [0.25, 0.3) is 11.8 Å². The minimum Gasteiger partial charge on any atom is -0.497 e. The molecule has 214 valence electrons. The molecule has 1 atom stereocenters. The highest BCUT2D eigenvalue weighted by Gasteiger charge is 2.34. The summed E-state index contributed by atoms with van der Waals surface area (Å²) in [5, 5.41) is 6.36. The fourth-order valence-corrected chi connectivity index (χ4v) is 5.12. The van der Waals surface area contributed by atoms with Crippen LogP contribution in [0.1, 0.15) is 33.9 Å². The molecule has 2 heterocycles. The van der Waals surface area contributed by atoms with Crippen LogP contribution in [-0.2, 0) is 9.53 Å². The summed E-state index contributed by atoms with van der Waals surface area (Å²) in [4.78, 5) is 31.5. The third-order valence-corrected chi connectivity index (χ3v) is 7.51. The minimum absolute atomic E-state index is 0.0854. The Balaban J connectivity index is 1.39. The third kappa shape index (κ3) is 6.93. The molecule has 1 fully saturated rings. The smallest absolute Gasteiger partial charge is 0.262 e. The predicted molar refractivity (Wildman–Crippen MR) is 156 cm³/mol. The number of hydrogen-bond acceptors (Lipinski definition) is 7. The van der Waals surface area contributed by atoms with Gasteiger partial charge in [-0.25, -0.2) is 5.01 Å². The number of rotatable bonds is 10. The van der Waals surface area contributed by atoms with E-state index in [9.17, 15) is 9.59 Å². The van der Waals surface area contributed by atoms with Gasteiger partial charge in [-0.15, -0.1) is 0 Å². The SMILES string of the molecule is COc1ccc(C(=O)N(CCN2CCOCC2)CC(=O)N2N=C(c3ccc(OC)cc3)CC2c2ccccc2)cc1. The summed E-state index contributed by atoms with van der Waals surface area (Å²) >= 11 is 0. The van der Waals surface area contributed by atoms with Crippen LogP contribution in [0.3, 0.4) is 0 Å². The third-order valence-electron chi connectivity index (χ3n) is 7.51. The quantitative estimate of drug-likeness (QED) is 0.377. The normalized spacial score (nSPS) is 17.2. The van der Waals surface area contributed by atoms with Crippen molar-refractivity contribution in [2.45, 2.75) is 12.5 Å². The molecule has 0 saturated carbocycles. The highest BCUT2D eigenvalue weighted by molar-refractivity contribution is 6.03. The van der Waals surface area contributed by atoms with Crippen LogP contribution in [-0.4, -0.2) is 92.5 Å². The zero-order valence-electron chi connectivity index (χ0n) is 23.6. The first-order chi connectivity index (χ1) is 20.1. The van der Waals surface area contributed by atoms with E-state index >= 15 is 0 Å². The molecule has 0 aliphatic carbocycles. The fourth-order valence-electron chi connectivity index (χ4n) is 5.12. The molecule has 9 nitrogen and oxygen atoms in total. The van der Waals surface area contributed by atoms with Crippen molar-refractivity contribution >= 4 is 17.5 Å². The lowest BCUT2D eigenvalue weighted by Crippen LogP contribution is -2.46. The maximum Gasteiger partial charge on any atom is 0.262 e. The number of benzene rings is 3. The first-order valence-corrected chi connectivity index (χ1v) is 13.9. The molecule has 5 rings (SSSR count). The molecule has 1 unspecified atom stereocenters. The average Bonchev–Trinajstić information content (AvgIpc) is 3.49. The maximum atomic E-state index is 14.0. The van der Waals surface area contributed by atoms with Crippen molar-refractivity contribution in [1.82, 2.24) is 14.8 Å². The zero-order valence-corrected chi connectivity index (χ0v) is 23.6. The van der Waals surface area contributed by atoms with Crippen LogP contribution in [0.2, 0.25) is 0 Å². The summed E-state index contributed by atoms with van der Waals surface area (Å²) in [6, 6.07) is 24.3. The maximum absolute atomic E-state index is 14.0. The molecule has 41 heavy (non-hydrogen) atoms. The molecular formula is C32H36N4O5. The second-order valence-corrected chi connectivity index (χ2v) is 10.1. The lowest BCUT2D eigenvalue weighted by molar-refractivity contribution is -0.133. The summed E-state index contributed by atoms with van der Waals surface area (Å²) < 4.78 is 16.0. The topological polar surface area (TPSA) is 83.9 Å². The first-order valence-electron chi connectivity index (χ1n) is 13.9. The molecule has 2 aliphatic heterocycles. The van der Waals surface area contributed by atoms with Crippen molar-refractivity contribution in [3.05, 3.63) is 95.6 Å². The molecule has 2 amide bonds. The van der Waals surface area contributed by atoms with E-state index in [0.717, 1.165) is 35.7 Å². The molecule has 0 spiro atoms. The summed E-state index contributed by atoms with van der Waals surface area (Å²) in [5.74, 6) is 0.990. The van der Waals surface area contributed by atoms with Crippen molar-refractivity contribution < 1.29 is 23.8 Å². The van der Waals surface area contributed by atoms with Crippen LogP contribution in [0.5, 0.6) is 11.5 Å². The summed E-state index contributed by atoms with van der Waals surface area (Å²) in [7, 11) is 3.22. The second-order valence-electron chi connectivity index (χ2n) is 10.1. The lowest BCUT2D eigenvalue weighted by atomic mass is 9.98. The fraction of sp³-hybridized carbons (Fsp3) is 0.344. The van der Waals surface area contributed by atoms with E-state index in [1.54, 1.807) is 48.4 Å². The van der Waals surface area contributed by atoms with E-state index in [-0.39, 0.29) is 24.4 Å². The molecule has 2 aliphatic rings. The van der Waals surface area contributed by atoms with Gasteiger partial charge in [-0.2, -0.15) is 5.10 Å². The molecule has 9 heteroatoms. The molecule has 1 saturated heterocycles. The Morgan fingerprint density at radius 2 is 1.54 bits per heavy atom.